The number of carbonyl (C=O) groups is 1. The van der Waals surface area contributed by atoms with Crippen molar-refractivity contribution in [2.45, 2.75) is 0 Å². The van der Waals surface area contributed by atoms with Crippen LogP contribution in [0.25, 0.3) is 0 Å². The fourth-order valence-corrected chi connectivity index (χ4v) is 2.34. The summed E-state index contributed by atoms with van der Waals surface area (Å²) in [4.78, 5) is 13.2. The van der Waals surface area contributed by atoms with Gasteiger partial charge in [-0.25, -0.2) is 18.0 Å². The number of carboxylic acid groups (broad SMARTS) is 1. The van der Waals surface area contributed by atoms with Gasteiger partial charge >= 0.3 is 6.09 Å². The summed E-state index contributed by atoms with van der Waals surface area (Å²) in [6.07, 6.45) is -1.08. The van der Waals surface area contributed by atoms with Gasteiger partial charge in [-0.1, -0.05) is 0 Å². The Hall–Kier alpha value is -1.44. The lowest BCUT2D eigenvalue weighted by Crippen LogP contribution is -2.48. The van der Waals surface area contributed by atoms with Gasteiger partial charge in [0.2, 0.25) is 0 Å². The average Bonchev–Trinajstić information content (AvgIpc) is 2.37. The van der Waals surface area contributed by atoms with Crippen molar-refractivity contribution in [2.24, 2.45) is 0 Å². The topological polar surface area (TPSA) is 43.8 Å². The molecule has 1 aromatic carbocycles. The van der Waals surface area contributed by atoms with E-state index in [-0.39, 0.29) is 30.7 Å². The fraction of sp³-hybridized carbons (Fsp3) is 0.364. The quantitative estimate of drug-likeness (QED) is 0.632. The molecule has 1 amide bonds. The zero-order chi connectivity index (χ0) is 14.2. The van der Waals surface area contributed by atoms with Gasteiger partial charge in [-0.3, -0.25) is 0 Å². The molecule has 0 aromatic heterocycles. The molecule has 0 bridgehead atoms. The van der Waals surface area contributed by atoms with Crippen LogP contribution in [0.5, 0.6) is 0 Å². The molecule has 19 heavy (non-hydrogen) atoms. The molecule has 4 nitrogen and oxygen atoms in total. The zero-order valence-corrected chi connectivity index (χ0v) is 11.3. The third-order valence-corrected chi connectivity index (χ3v) is 3.53. The second kappa shape index (κ2) is 5.28. The first-order valence-electron chi connectivity index (χ1n) is 5.47. The molecule has 0 spiro atoms. The van der Waals surface area contributed by atoms with E-state index >= 15 is 0 Å². The zero-order valence-electron chi connectivity index (χ0n) is 9.67. The van der Waals surface area contributed by atoms with Crippen molar-refractivity contribution in [3.8, 4) is 0 Å². The van der Waals surface area contributed by atoms with Crippen molar-refractivity contribution in [1.82, 2.24) is 4.90 Å². The predicted octanol–water partition coefficient (Wildman–Crippen LogP) is 2.67. The van der Waals surface area contributed by atoms with Crippen LogP contribution in [0.1, 0.15) is 0 Å². The van der Waals surface area contributed by atoms with Gasteiger partial charge in [0.25, 0.3) is 0 Å². The Kier molecular flexibility index (Phi) is 3.88. The molecule has 8 heteroatoms. The van der Waals surface area contributed by atoms with E-state index in [9.17, 15) is 18.0 Å². The maximum absolute atomic E-state index is 13.7. The molecule has 104 valence electrons. The van der Waals surface area contributed by atoms with Crippen LogP contribution in [0.2, 0.25) is 0 Å². The second-order valence-corrected chi connectivity index (χ2v) is 4.93. The maximum atomic E-state index is 13.7. The highest BCUT2D eigenvalue weighted by Gasteiger charge is 2.27. The Balaban J connectivity index is 2.25. The Morgan fingerprint density at radius 2 is 1.74 bits per heavy atom. The molecular formula is C11H10BrF3N2O2. The van der Waals surface area contributed by atoms with E-state index in [4.69, 9.17) is 5.11 Å². The van der Waals surface area contributed by atoms with Crippen molar-refractivity contribution in [3.63, 3.8) is 0 Å². The summed E-state index contributed by atoms with van der Waals surface area (Å²) >= 11 is 2.72. The normalized spacial score (nSPS) is 15.8. The molecule has 1 aromatic rings. The van der Waals surface area contributed by atoms with Gasteiger partial charge in [-0.15, -0.1) is 0 Å². The minimum absolute atomic E-state index is 0.112. The van der Waals surface area contributed by atoms with Gasteiger partial charge < -0.3 is 14.9 Å². The van der Waals surface area contributed by atoms with E-state index in [0.717, 1.165) is 11.0 Å². The van der Waals surface area contributed by atoms with Gasteiger partial charge in [0.05, 0.1) is 4.47 Å². The number of hydrogen-bond donors (Lipinski definition) is 1. The molecule has 2 rings (SSSR count). The van der Waals surface area contributed by atoms with E-state index < -0.39 is 29.2 Å². The number of halogens is 4. The number of amides is 1. The summed E-state index contributed by atoms with van der Waals surface area (Å²) in [5.41, 5.74) is -0.453. The van der Waals surface area contributed by atoms with E-state index in [2.05, 4.69) is 15.9 Å². The van der Waals surface area contributed by atoms with Crippen LogP contribution in [0.15, 0.2) is 10.5 Å². The van der Waals surface area contributed by atoms with Crippen LogP contribution in [-0.4, -0.2) is 42.3 Å². The van der Waals surface area contributed by atoms with Gasteiger partial charge in [-0.05, 0) is 22.0 Å². The van der Waals surface area contributed by atoms with E-state index in [0.29, 0.717) is 0 Å². The van der Waals surface area contributed by atoms with E-state index in [1.54, 1.807) is 0 Å². The fourth-order valence-electron chi connectivity index (χ4n) is 1.97. The van der Waals surface area contributed by atoms with Crippen LogP contribution in [0.3, 0.4) is 0 Å². The Morgan fingerprint density at radius 3 is 2.26 bits per heavy atom. The van der Waals surface area contributed by atoms with Gasteiger partial charge in [0, 0.05) is 26.2 Å². The van der Waals surface area contributed by atoms with Gasteiger partial charge in [0.15, 0.2) is 17.5 Å². The molecular weight excluding hydrogens is 329 g/mol. The SMILES string of the molecule is O=C(O)N1CCN(c2c(F)cc(Br)c(F)c2F)CC1. The van der Waals surface area contributed by atoms with Crippen molar-refractivity contribution in [3.05, 3.63) is 28.0 Å². The van der Waals surface area contributed by atoms with Crippen LogP contribution >= 0.6 is 15.9 Å². The highest BCUT2D eigenvalue weighted by atomic mass is 79.9. The average molecular weight is 339 g/mol. The molecule has 0 saturated carbocycles. The van der Waals surface area contributed by atoms with Crippen LogP contribution in [-0.2, 0) is 0 Å². The van der Waals surface area contributed by atoms with Gasteiger partial charge in [-0.2, -0.15) is 0 Å². The minimum atomic E-state index is -1.27. The lowest BCUT2D eigenvalue weighted by Gasteiger charge is -2.34. The second-order valence-electron chi connectivity index (χ2n) is 4.07. The standard InChI is InChI=1S/C11H10BrF3N2O2/c12-6-5-7(13)10(9(15)8(6)14)16-1-3-17(4-2-16)11(18)19/h5H,1-4H2,(H,18,19). The maximum Gasteiger partial charge on any atom is 0.407 e. The molecule has 1 N–H and O–H groups in total. The number of nitrogens with zero attached hydrogens (tertiary/aromatic N) is 2. The first-order chi connectivity index (χ1) is 8.91. The number of piperazine rings is 1. The monoisotopic (exact) mass is 338 g/mol. The van der Waals surface area contributed by atoms with Crippen molar-refractivity contribution in [2.75, 3.05) is 31.1 Å². The van der Waals surface area contributed by atoms with Crippen molar-refractivity contribution >= 4 is 27.7 Å². The Bertz CT molecular complexity index is 519. The van der Waals surface area contributed by atoms with Crippen molar-refractivity contribution in [1.29, 1.82) is 0 Å². The van der Waals surface area contributed by atoms with E-state index in [1.807, 2.05) is 0 Å². The summed E-state index contributed by atoms with van der Waals surface area (Å²) in [5, 5.41) is 8.78. The molecule has 0 unspecified atom stereocenters. The largest absolute Gasteiger partial charge is 0.465 e. The molecule has 1 fully saturated rings. The summed E-state index contributed by atoms with van der Waals surface area (Å²) < 4.78 is 40.6. The van der Waals surface area contributed by atoms with Crippen LogP contribution in [0.4, 0.5) is 23.7 Å². The van der Waals surface area contributed by atoms with Crippen LogP contribution < -0.4 is 4.90 Å². The first kappa shape index (κ1) is 14.0. The number of anilines is 1. The molecule has 0 atom stereocenters. The summed E-state index contributed by atoms with van der Waals surface area (Å²) in [6, 6.07) is 0.858. The predicted molar refractivity (Wildman–Crippen MR) is 65.8 cm³/mol. The van der Waals surface area contributed by atoms with Gasteiger partial charge in [0.1, 0.15) is 5.69 Å². The Labute approximate surface area is 115 Å². The number of rotatable bonds is 1. The molecule has 1 aliphatic heterocycles. The summed E-state index contributed by atoms with van der Waals surface area (Å²) in [6.45, 7) is 0.459. The lowest BCUT2D eigenvalue weighted by molar-refractivity contribution is 0.142. The molecule has 1 aliphatic rings. The molecule has 1 heterocycles. The molecule has 1 saturated heterocycles. The van der Waals surface area contributed by atoms with Crippen molar-refractivity contribution < 1.29 is 23.1 Å². The highest BCUT2D eigenvalue weighted by Crippen LogP contribution is 2.31. The highest BCUT2D eigenvalue weighted by molar-refractivity contribution is 9.10. The summed E-state index contributed by atoms with van der Waals surface area (Å²) in [7, 11) is 0. The first-order valence-corrected chi connectivity index (χ1v) is 6.27. The number of benzene rings is 1. The Morgan fingerprint density at radius 1 is 1.16 bits per heavy atom. The van der Waals surface area contributed by atoms with E-state index in [1.165, 1.54) is 4.90 Å². The molecule has 0 aliphatic carbocycles. The summed E-state index contributed by atoms with van der Waals surface area (Å²) in [5.74, 6) is -3.30. The number of hydrogen-bond acceptors (Lipinski definition) is 2. The van der Waals surface area contributed by atoms with Crippen LogP contribution in [0, 0.1) is 17.5 Å². The lowest BCUT2D eigenvalue weighted by atomic mass is 10.2. The third-order valence-electron chi connectivity index (χ3n) is 2.96. The molecule has 0 radical (unpaired) electrons. The third kappa shape index (κ3) is 2.63. The minimum Gasteiger partial charge on any atom is -0.465 e. The smallest absolute Gasteiger partial charge is 0.407 e.